The third kappa shape index (κ3) is 3.97. The SMILES string of the molecule is CCN(CC)S(=O)(=O)N1C(c2ccc(Cl)cc2)C(c2ccccc2)CN1C1CC1. The normalized spacial score (nSPS) is 23.7. The molecule has 2 fully saturated rings. The van der Waals surface area contributed by atoms with Crippen molar-refractivity contribution in [3.05, 3.63) is 70.7 Å². The molecule has 2 aromatic carbocycles. The Kier molecular flexibility index (Phi) is 6.00. The van der Waals surface area contributed by atoms with E-state index in [9.17, 15) is 8.42 Å². The van der Waals surface area contributed by atoms with E-state index in [1.807, 2.05) is 56.3 Å². The van der Waals surface area contributed by atoms with Crippen LogP contribution >= 0.6 is 11.6 Å². The average Bonchev–Trinajstić information content (AvgIpc) is 3.49. The first-order chi connectivity index (χ1) is 14.0. The summed E-state index contributed by atoms with van der Waals surface area (Å²) in [5.74, 6) is 0.0586. The number of benzene rings is 2. The molecule has 2 aliphatic rings. The van der Waals surface area contributed by atoms with Gasteiger partial charge in [-0.15, -0.1) is 4.41 Å². The van der Waals surface area contributed by atoms with Crippen molar-refractivity contribution >= 4 is 21.8 Å². The van der Waals surface area contributed by atoms with Gasteiger partial charge in [0.05, 0.1) is 6.04 Å². The third-order valence-corrected chi connectivity index (χ3v) is 8.26. The van der Waals surface area contributed by atoms with Gasteiger partial charge in [-0.25, -0.2) is 5.01 Å². The van der Waals surface area contributed by atoms with Gasteiger partial charge < -0.3 is 0 Å². The van der Waals surface area contributed by atoms with Crippen LogP contribution in [0.15, 0.2) is 54.6 Å². The standard InChI is InChI=1S/C22H28ClN3O2S/c1-3-24(4-2)29(27,28)26-22(18-10-12-19(23)13-11-18)21(16-25(26)20-14-15-20)17-8-6-5-7-9-17/h5-13,20-22H,3-4,14-16H2,1-2H3. The molecule has 2 atom stereocenters. The first kappa shape index (κ1) is 20.8. The van der Waals surface area contributed by atoms with Crippen LogP contribution in [0, 0.1) is 0 Å². The molecule has 1 saturated heterocycles. The predicted molar refractivity (Wildman–Crippen MR) is 117 cm³/mol. The van der Waals surface area contributed by atoms with Crippen LogP contribution < -0.4 is 0 Å². The molecular formula is C22H28ClN3O2S. The van der Waals surface area contributed by atoms with Crippen molar-refractivity contribution in [2.24, 2.45) is 0 Å². The molecule has 1 aliphatic carbocycles. The van der Waals surface area contributed by atoms with Gasteiger partial charge in [0.15, 0.2) is 0 Å². The highest BCUT2D eigenvalue weighted by atomic mass is 35.5. The van der Waals surface area contributed by atoms with Crippen molar-refractivity contribution in [1.29, 1.82) is 0 Å². The Hall–Kier alpha value is -1.44. The van der Waals surface area contributed by atoms with Crippen molar-refractivity contribution in [3.63, 3.8) is 0 Å². The van der Waals surface area contributed by atoms with Crippen LogP contribution in [-0.4, -0.2) is 47.8 Å². The number of rotatable bonds is 7. The topological polar surface area (TPSA) is 43.9 Å². The molecule has 2 unspecified atom stereocenters. The number of hydrogen-bond acceptors (Lipinski definition) is 3. The molecule has 1 aliphatic heterocycles. The van der Waals surface area contributed by atoms with E-state index in [4.69, 9.17) is 11.6 Å². The minimum absolute atomic E-state index is 0.0586. The quantitative estimate of drug-likeness (QED) is 0.648. The van der Waals surface area contributed by atoms with Crippen LogP contribution in [0.2, 0.25) is 5.02 Å². The molecule has 0 spiro atoms. The first-order valence-corrected chi connectivity index (χ1v) is 12.1. The second kappa shape index (κ2) is 8.36. The van der Waals surface area contributed by atoms with Gasteiger partial charge in [-0.05, 0) is 36.1 Å². The van der Waals surface area contributed by atoms with Gasteiger partial charge >= 0.3 is 0 Å². The van der Waals surface area contributed by atoms with Gasteiger partial charge in [-0.2, -0.15) is 12.7 Å². The second-order valence-corrected chi connectivity index (χ2v) is 9.95. The van der Waals surface area contributed by atoms with Crippen molar-refractivity contribution in [3.8, 4) is 0 Å². The van der Waals surface area contributed by atoms with E-state index in [2.05, 4.69) is 17.1 Å². The zero-order valence-electron chi connectivity index (χ0n) is 16.9. The Labute approximate surface area is 179 Å². The number of nitrogens with zero attached hydrogens (tertiary/aromatic N) is 3. The molecule has 0 amide bonds. The molecular weight excluding hydrogens is 406 g/mol. The summed E-state index contributed by atoms with van der Waals surface area (Å²) in [5.41, 5.74) is 2.14. The Morgan fingerprint density at radius 2 is 1.59 bits per heavy atom. The molecule has 5 nitrogen and oxygen atoms in total. The Morgan fingerprint density at radius 1 is 0.966 bits per heavy atom. The zero-order chi connectivity index (χ0) is 20.6. The van der Waals surface area contributed by atoms with E-state index < -0.39 is 10.2 Å². The molecule has 1 saturated carbocycles. The molecule has 7 heteroatoms. The number of hydrazine groups is 1. The molecule has 0 bridgehead atoms. The molecule has 1 heterocycles. The van der Waals surface area contributed by atoms with Crippen molar-refractivity contribution in [1.82, 2.24) is 13.7 Å². The van der Waals surface area contributed by atoms with Crippen LogP contribution in [0.4, 0.5) is 0 Å². The first-order valence-electron chi connectivity index (χ1n) is 10.3. The molecule has 156 valence electrons. The monoisotopic (exact) mass is 433 g/mol. The summed E-state index contributed by atoms with van der Waals surface area (Å²) in [4.78, 5) is 0. The van der Waals surface area contributed by atoms with E-state index in [0.29, 0.717) is 30.7 Å². The van der Waals surface area contributed by atoms with Gasteiger partial charge in [0.25, 0.3) is 10.2 Å². The van der Waals surface area contributed by atoms with Crippen molar-refractivity contribution < 1.29 is 8.42 Å². The summed E-state index contributed by atoms with van der Waals surface area (Å²) in [7, 11) is -3.64. The van der Waals surface area contributed by atoms with E-state index >= 15 is 0 Å². The fourth-order valence-electron chi connectivity index (χ4n) is 4.33. The lowest BCUT2D eigenvalue weighted by molar-refractivity contribution is 0.0727. The smallest absolute Gasteiger partial charge is 0.223 e. The molecule has 2 aromatic rings. The molecule has 0 N–H and O–H groups in total. The third-order valence-electron chi connectivity index (χ3n) is 5.93. The lowest BCUT2D eigenvalue weighted by atomic mass is 9.89. The van der Waals surface area contributed by atoms with E-state index in [1.54, 1.807) is 8.72 Å². The minimum Gasteiger partial charge on any atom is -0.223 e. The predicted octanol–water partition coefficient (Wildman–Crippen LogP) is 4.45. The summed E-state index contributed by atoms with van der Waals surface area (Å²) in [6.45, 7) is 5.39. The highest BCUT2D eigenvalue weighted by molar-refractivity contribution is 7.86. The average molecular weight is 434 g/mol. The highest BCUT2D eigenvalue weighted by Gasteiger charge is 2.53. The Balaban J connectivity index is 1.85. The molecule has 29 heavy (non-hydrogen) atoms. The van der Waals surface area contributed by atoms with Crippen LogP contribution in [0.25, 0.3) is 0 Å². The number of halogens is 1. The van der Waals surface area contributed by atoms with Crippen LogP contribution in [-0.2, 0) is 10.2 Å². The fourth-order valence-corrected chi connectivity index (χ4v) is 6.37. The Morgan fingerprint density at radius 3 is 2.14 bits per heavy atom. The van der Waals surface area contributed by atoms with Gasteiger partial charge in [0.1, 0.15) is 0 Å². The zero-order valence-corrected chi connectivity index (χ0v) is 18.5. The van der Waals surface area contributed by atoms with Gasteiger partial charge in [0.2, 0.25) is 0 Å². The highest BCUT2D eigenvalue weighted by Crippen LogP contribution is 2.49. The van der Waals surface area contributed by atoms with Crippen molar-refractivity contribution in [2.45, 2.75) is 44.7 Å². The van der Waals surface area contributed by atoms with Crippen LogP contribution in [0.5, 0.6) is 0 Å². The number of hydrogen-bond donors (Lipinski definition) is 0. The summed E-state index contributed by atoms with van der Waals surface area (Å²) in [6.07, 6.45) is 2.08. The summed E-state index contributed by atoms with van der Waals surface area (Å²) in [5, 5.41) is 2.75. The molecule has 4 rings (SSSR count). The molecule has 0 aromatic heterocycles. The summed E-state index contributed by atoms with van der Waals surface area (Å²) in [6, 6.07) is 17.9. The van der Waals surface area contributed by atoms with E-state index in [1.165, 1.54) is 0 Å². The van der Waals surface area contributed by atoms with Crippen molar-refractivity contribution in [2.75, 3.05) is 19.6 Å². The fraction of sp³-hybridized carbons (Fsp3) is 0.455. The lowest BCUT2D eigenvalue weighted by Crippen LogP contribution is -2.50. The maximum Gasteiger partial charge on any atom is 0.295 e. The Bertz CT molecular complexity index is 928. The molecule has 0 radical (unpaired) electrons. The van der Waals surface area contributed by atoms with Crippen LogP contribution in [0.3, 0.4) is 0 Å². The van der Waals surface area contributed by atoms with Crippen LogP contribution in [0.1, 0.15) is 49.8 Å². The maximum absolute atomic E-state index is 13.7. The van der Waals surface area contributed by atoms with Gasteiger partial charge in [0, 0.05) is 36.6 Å². The second-order valence-electron chi connectivity index (χ2n) is 7.73. The maximum atomic E-state index is 13.7. The largest absolute Gasteiger partial charge is 0.295 e. The van der Waals surface area contributed by atoms with E-state index in [0.717, 1.165) is 24.0 Å². The van der Waals surface area contributed by atoms with E-state index in [-0.39, 0.29) is 12.0 Å². The minimum atomic E-state index is -3.64. The van der Waals surface area contributed by atoms with Gasteiger partial charge in [-0.3, -0.25) is 0 Å². The summed E-state index contributed by atoms with van der Waals surface area (Å²) >= 11 is 6.13. The summed E-state index contributed by atoms with van der Waals surface area (Å²) < 4.78 is 30.7. The van der Waals surface area contributed by atoms with Gasteiger partial charge in [-0.1, -0.05) is 67.9 Å². The lowest BCUT2D eigenvalue weighted by Gasteiger charge is -2.35.